The van der Waals surface area contributed by atoms with Crippen LogP contribution in [0.3, 0.4) is 0 Å². The van der Waals surface area contributed by atoms with Crippen molar-refractivity contribution in [3.8, 4) is 0 Å². The first-order valence-electron chi connectivity index (χ1n) is 8.25. The Morgan fingerprint density at radius 1 is 1.08 bits per heavy atom. The van der Waals surface area contributed by atoms with E-state index >= 15 is 0 Å². The molecule has 0 aliphatic carbocycles. The number of likely N-dealkylation sites (tertiary alicyclic amines) is 1. The number of carbonyl (C=O) groups excluding carboxylic acids is 2. The van der Waals surface area contributed by atoms with Gasteiger partial charge in [-0.3, -0.25) is 9.59 Å². The fourth-order valence-electron chi connectivity index (χ4n) is 3.02. The van der Waals surface area contributed by atoms with Gasteiger partial charge in [0.25, 0.3) is 5.91 Å². The number of anilines is 1. The van der Waals surface area contributed by atoms with Gasteiger partial charge in [-0.15, -0.1) is 0 Å². The van der Waals surface area contributed by atoms with Gasteiger partial charge < -0.3 is 10.2 Å². The van der Waals surface area contributed by atoms with Crippen LogP contribution in [0.25, 0.3) is 0 Å². The lowest BCUT2D eigenvalue weighted by Gasteiger charge is -2.31. The van der Waals surface area contributed by atoms with Gasteiger partial charge in [-0.25, -0.2) is 8.78 Å². The van der Waals surface area contributed by atoms with Crippen molar-refractivity contribution in [2.24, 2.45) is 5.92 Å². The first kappa shape index (κ1) is 18.3. The molecule has 1 fully saturated rings. The van der Waals surface area contributed by atoms with Crippen molar-refractivity contribution in [1.82, 2.24) is 4.90 Å². The van der Waals surface area contributed by atoms with Crippen LogP contribution in [0.5, 0.6) is 0 Å². The topological polar surface area (TPSA) is 49.4 Å². The van der Waals surface area contributed by atoms with E-state index in [0.717, 1.165) is 0 Å². The molecule has 1 saturated heterocycles. The summed E-state index contributed by atoms with van der Waals surface area (Å²) >= 11 is 5.94. The maximum Gasteiger partial charge on any atom is 0.258 e. The van der Waals surface area contributed by atoms with Crippen molar-refractivity contribution in [2.45, 2.75) is 12.8 Å². The molecule has 0 atom stereocenters. The highest BCUT2D eigenvalue weighted by atomic mass is 35.5. The number of nitrogens with one attached hydrogen (secondary N) is 1. The number of hydrogen-bond donors (Lipinski definition) is 1. The lowest BCUT2D eigenvalue weighted by atomic mass is 9.95. The molecule has 7 heteroatoms. The third-order valence-electron chi connectivity index (χ3n) is 4.42. The molecule has 0 spiro atoms. The first-order valence-corrected chi connectivity index (χ1v) is 8.63. The molecule has 0 radical (unpaired) electrons. The van der Waals surface area contributed by atoms with Crippen LogP contribution in [0.4, 0.5) is 14.5 Å². The number of piperidine rings is 1. The zero-order chi connectivity index (χ0) is 18.7. The zero-order valence-corrected chi connectivity index (χ0v) is 14.6. The summed E-state index contributed by atoms with van der Waals surface area (Å²) in [4.78, 5) is 26.3. The molecule has 0 bridgehead atoms. The van der Waals surface area contributed by atoms with Crippen LogP contribution in [0.2, 0.25) is 5.02 Å². The number of hydrogen-bond acceptors (Lipinski definition) is 2. The van der Waals surface area contributed by atoms with Gasteiger partial charge in [-0.2, -0.15) is 0 Å². The SMILES string of the molecule is O=C(Nc1cccc(F)c1)C1CCN(C(=O)c2c(F)cccc2Cl)CC1. The summed E-state index contributed by atoms with van der Waals surface area (Å²) in [5.74, 6) is -2.07. The minimum atomic E-state index is -0.659. The zero-order valence-electron chi connectivity index (χ0n) is 13.8. The summed E-state index contributed by atoms with van der Waals surface area (Å²) in [7, 11) is 0. The van der Waals surface area contributed by atoms with E-state index in [1.54, 1.807) is 6.07 Å². The highest BCUT2D eigenvalue weighted by molar-refractivity contribution is 6.33. The molecular formula is C19H17ClF2N2O2. The van der Waals surface area contributed by atoms with Gasteiger partial charge in [0.15, 0.2) is 0 Å². The fraction of sp³-hybridized carbons (Fsp3) is 0.263. The standard InChI is InChI=1S/C19H17ClF2N2O2/c20-15-5-2-6-16(22)17(15)19(26)24-9-7-12(8-10-24)18(25)23-14-4-1-3-13(21)11-14/h1-6,11-12H,7-10H2,(H,23,25). The van der Waals surface area contributed by atoms with E-state index in [4.69, 9.17) is 11.6 Å². The van der Waals surface area contributed by atoms with E-state index in [9.17, 15) is 18.4 Å². The van der Waals surface area contributed by atoms with Crippen LogP contribution < -0.4 is 5.32 Å². The van der Waals surface area contributed by atoms with E-state index in [1.807, 2.05) is 0 Å². The third kappa shape index (κ3) is 4.02. The maximum atomic E-state index is 13.9. The summed E-state index contributed by atoms with van der Waals surface area (Å²) in [5.41, 5.74) is 0.253. The summed E-state index contributed by atoms with van der Waals surface area (Å²) in [6.07, 6.45) is 0.887. The molecule has 3 rings (SSSR count). The number of rotatable bonds is 3. The van der Waals surface area contributed by atoms with E-state index in [0.29, 0.717) is 31.6 Å². The van der Waals surface area contributed by atoms with Crippen LogP contribution in [0.15, 0.2) is 42.5 Å². The van der Waals surface area contributed by atoms with E-state index in [1.165, 1.54) is 41.3 Å². The van der Waals surface area contributed by atoms with Crippen LogP contribution in [0.1, 0.15) is 23.2 Å². The second-order valence-electron chi connectivity index (χ2n) is 6.16. The average molecular weight is 379 g/mol. The van der Waals surface area contributed by atoms with E-state index < -0.39 is 17.5 Å². The van der Waals surface area contributed by atoms with Crippen LogP contribution >= 0.6 is 11.6 Å². The molecule has 2 amide bonds. The largest absolute Gasteiger partial charge is 0.338 e. The molecule has 0 saturated carbocycles. The predicted molar refractivity (Wildman–Crippen MR) is 95.1 cm³/mol. The molecular weight excluding hydrogens is 362 g/mol. The van der Waals surface area contributed by atoms with Crippen molar-refractivity contribution in [3.05, 3.63) is 64.7 Å². The smallest absolute Gasteiger partial charge is 0.258 e. The van der Waals surface area contributed by atoms with Gasteiger partial charge in [-0.1, -0.05) is 23.7 Å². The summed E-state index contributed by atoms with van der Waals surface area (Å²) in [6.45, 7) is 0.648. The molecule has 1 aliphatic rings. The van der Waals surface area contributed by atoms with Gasteiger partial charge in [0.1, 0.15) is 11.6 Å². The van der Waals surface area contributed by atoms with Crippen molar-refractivity contribution < 1.29 is 18.4 Å². The minimum absolute atomic E-state index is 0.0703. The lowest BCUT2D eigenvalue weighted by molar-refractivity contribution is -0.121. The molecule has 26 heavy (non-hydrogen) atoms. The highest BCUT2D eigenvalue weighted by Crippen LogP contribution is 2.25. The predicted octanol–water partition coefficient (Wildman–Crippen LogP) is 4.11. The number of nitrogens with zero attached hydrogens (tertiary/aromatic N) is 1. The number of carbonyl (C=O) groups is 2. The molecule has 0 aromatic heterocycles. The van der Waals surface area contributed by atoms with Crippen molar-refractivity contribution in [3.63, 3.8) is 0 Å². The second kappa shape index (κ2) is 7.83. The van der Waals surface area contributed by atoms with Crippen molar-refractivity contribution >= 4 is 29.1 Å². The molecule has 1 N–H and O–H groups in total. The first-order chi connectivity index (χ1) is 12.5. The quantitative estimate of drug-likeness (QED) is 0.873. The summed E-state index contributed by atoms with van der Waals surface area (Å²) in [6, 6.07) is 9.78. The monoisotopic (exact) mass is 378 g/mol. The van der Waals surface area contributed by atoms with E-state index in [-0.39, 0.29) is 22.4 Å². The normalized spacial score (nSPS) is 15.0. The Labute approximate surface area is 154 Å². The van der Waals surface area contributed by atoms with Gasteiger partial charge in [0, 0.05) is 24.7 Å². The van der Waals surface area contributed by atoms with Crippen molar-refractivity contribution in [2.75, 3.05) is 18.4 Å². The molecule has 0 unspecified atom stereocenters. The Morgan fingerprint density at radius 3 is 2.42 bits per heavy atom. The van der Waals surface area contributed by atoms with Gasteiger partial charge in [0.2, 0.25) is 5.91 Å². The van der Waals surface area contributed by atoms with E-state index in [2.05, 4.69) is 5.32 Å². The molecule has 4 nitrogen and oxygen atoms in total. The Balaban J connectivity index is 1.60. The number of halogens is 3. The van der Waals surface area contributed by atoms with Gasteiger partial charge in [-0.05, 0) is 43.2 Å². The third-order valence-corrected chi connectivity index (χ3v) is 4.74. The molecule has 2 aromatic rings. The Morgan fingerprint density at radius 2 is 1.77 bits per heavy atom. The van der Waals surface area contributed by atoms with Crippen molar-refractivity contribution in [1.29, 1.82) is 0 Å². The van der Waals surface area contributed by atoms with Crippen LogP contribution in [0, 0.1) is 17.6 Å². The molecule has 2 aromatic carbocycles. The number of benzene rings is 2. The second-order valence-corrected chi connectivity index (χ2v) is 6.57. The van der Waals surface area contributed by atoms with Gasteiger partial charge >= 0.3 is 0 Å². The lowest BCUT2D eigenvalue weighted by Crippen LogP contribution is -2.41. The highest BCUT2D eigenvalue weighted by Gasteiger charge is 2.29. The summed E-state index contributed by atoms with van der Waals surface area (Å²) in [5, 5.41) is 2.75. The fourth-order valence-corrected chi connectivity index (χ4v) is 3.26. The van der Waals surface area contributed by atoms with Crippen LogP contribution in [-0.4, -0.2) is 29.8 Å². The maximum absolute atomic E-state index is 13.9. The summed E-state index contributed by atoms with van der Waals surface area (Å²) < 4.78 is 27.1. The van der Waals surface area contributed by atoms with Crippen LogP contribution in [-0.2, 0) is 4.79 Å². The minimum Gasteiger partial charge on any atom is -0.338 e. The Bertz CT molecular complexity index is 816. The average Bonchev–Trinajstić information content (AvgIpc) is 2.61. The Kier molecular flexibility index (Phi) is 5.52. The van der Waals surface area contributed by atoms with Gasteiger partial charge in [0.05, 0.1) is 10.6 Å². The molecule has 136 valence electrons. The number of amides is 2. The molecule has 1 heterocycles. The Hall–Kier alpha value is -2.47. The molecule has 1 aliphatic heterocycles.